The summed E-state index contributed by atoms with van der Waals surface area (Å²) in [7, 11) is 2.02. The second kappa shape index (κ2) is 4.82. The third kappa shape index (κ3) is 1.58. The van der Waals surface area contributed by atoms with E-state index in [1.54, 1.807) is 0 Å². The monoisotopic (exact) mass is 300 g/mol. The highest BCUT2D eigenvalue weighted by atomic mass is 16.5. The fourth-order valence-electron chi connectivity index (χ4n) is 4.98. The van der Waals surface area contributed by atoms with Crippen LogP contribution in [0.2, 0.25) is 0 Å². The Labute approximate surface area is 131 Å². The average molecular weight is 300 g/mol. The first-order chi connectivity index (χ1) is 10.6. The highest BCUT2D eigenvalue weighted by molar-refractivity contribution is 5.58. The van der Waals surface area contributed by atoms with Crippen LogP contribution < -0.4 is 15.8 Å². The molecule has 1 aromatic carbocycles. The zero-order valence-electron chi connectivity index (χ0n) is 13.2. The van der Waals surface area contributed by atoms with Gasteiger partial charge in [-0.2, -0.15) is 0 Å². The molecule has 1 aliphatic heterocycles. The third-order valence-electron chi connectivity index (χ3n) is 5.88. The summed E-state index contributed by atoms with van der Waals surface area (Å²) in [5.74, 6) is 1.29. The molecule has 0 amide bonds. The molecule has 4 heteroatoms. The van der Waals surface area contributed by atoms with Crippen LogP contribution in [-0.4, -0.2) is 36.9 Å². The van der Waals surface area contributed by atoms with Gasteiger partial charge in [-0.15, -0.1) is 0 Å². The second-order valence-corrected chi connectivity index (χ2v) is 6.86. The van der Waals surface area contributed by atoms with Crippen LogP contribution in [0.5, 0.6) is 5.75 Å². The predicted octanol–water partition coefficient (Wildman–Crippen LogP) is 1.03. The van der Waals surface area contributed by atoms with Gasteiger partial charge in [0.2, 0.25) is 0 Å². The molecule has 3 aliphatic rings. The van der Waals surface area contributed by atoms with Gasteiger partial charge in [0.1, 0.15) is 18.0 Å². The van der Waals surface area contributed by atoms with Gasteiger partial charge in [-0.1, -0.05) is 24.3 Å². The Hall–Kier alpha value is -1.36. The Morgan fingerprint density at radius 3 is 2.95 bits per heavy atom. The van der Waals surface area contributed by atoms with Crippen LogP contribution in [0.4, 0.5) is 0 Å². The van der Waals surface area contributed by atoms with E-state index < -0.39 is 6.10 Å². The van der Waals surface area contributed by atoms with E-state index >= 15 is 0 Å². The molecule has 4 nitrogen and oxygen atoms in total. The third-order valence-corrected chi connectivity index (χ3v) is 5.88. The van der Waals surface area contributed by atoms with Crippen molar-refractivity contribution in [2.75, 3.05) is 13.6 Å². The molecule has 118 valence electrons. The molecule has 0 aromatic heterocycles. The summed E-state index contributed by atoms with van der Waals surface area (Å²) in [6, 6.07) is 4.71. The molecule has 0 saturated heterocycles. The van der Waals surface area contributed by atoms with Gasteiger partial charge in [0.05, 0.1) is 0 Å². The smallest absolute Gasteiger partial charge is 0.138 e. The minimum Gasteiger partial charge on any atom is -0.486 e. The van der Waals surface area contributed by atoms with Gasteiger partial charge in [-0.3, -0.25) is 0 Å². The summed E-state index contributed by atoms with van der Waals surface area (Å²) in [5.41, 5.74) is 9.59. The first-order valence-corrected chi connectivity index (χ1v) is 8.17. The maximum atomic E-state index is 10.6. The topological polar surface area (TPSA) is 67.5 Å². The van der Waals surface area contributed by atoms with Gasteiger partial charge in [0, 0.05) is 22.9 Å². The van der Waals surface area contributed by atoms with Crippen molar-refractivity contribution in [2.24, 2.45) is 11.7 Å². The standard InChI is InChI=1S/C18H24N2O2/c1-10-3-4-11-9-13(20-2)12-5-6-14(21)17-18(12,7-8-19)15(11)16(10)22-17/h3-6,12-14,17,20-21H,7-9,19H2,1-2H3/t12-,13?,14-,17?,18-/m0/s1. The number of nitrogens with one attached hydrogen (secondary N) is 1. The number of aryl methyl sites for hydroxylation is 1. The molecule has 0 bridgehead atoms. The summed E-state index contributed by atoms with van der Waals surface area (Å²) < 4.78 is 6.31. The molecule has 1 heterocycles. The summed E-state index contributed by atoms with van der Waals surface area (Å²) in [4.78, 5) is 0. The number of hydrogen-bond acceptors (Lipinski definition) is 4. The molecular weight excluding hydrogens is 276 g/mol. The number of benzene rings is 1. The number of nitrogens with two attached hydrogens (primary N) is 1. The van der Waals surface area contributed by atoms with E-state index in [0.717, 1.165) is 24.2 Å². The van der Waals surface area contributed by atoms with E-state index in [-0.39, 0.29) is 11.5 Å². The lowest BCUT2D eigenvalue weighted by atomic mass is 9.55. The number of aliphatic hydroxyl groups excluding tert-OH is 1. The van der Waals surface area contributed by atoms with Crippen LogP contribution >= 0.6 is 0 Å². The molecule has 0 spiro atoms. The average Bonchev–Trinajstić information content (AvgIpc) is 2.87. The maximum Gasteiger partial charge on any atom is 0.138 e. The number of rotatable bonds is 3. The summed E-state index contributed by atoms with van der Waals surface area (Å²) in [5, 5.41) is 14.0. The second-order valence-electron chi connectivity index (χ2n) is 6.86. The SMILES string of the molecule is CNC1Cc2ccc(C)c3c2[C@@]2(CCN)C(O3)[C@@H](O)C=C[C@@H]12. The van der Waals surface area contributed by atoms with E-state index in [9.17, 15) is 5.11 Å². The molecule has 4 N–H and O–H groups in total. The summed E-state index contributed by atoms with van der Waals surface area (Å²) in [6.45, 7) is 2.68. The van der Waals surface area contributed by atoms with Gasteiger partial charge < -0.3 is 20.9 Å². The largest absolute Gasteiger partial charge is 0.486 e. The quantitative estimate of drug-likeness (QED) is 0.730. The van der Waals surface area contributed by atoms with Crippen molar-refractivity contribution in [3.05, 3.63) is 41.0 Å². The van der Waals surface area contributed by atoms with E-state index in [1.807, 2.05) is 13.1 Å². The van der Waals surface area contributed by atoms with Crippen LogP contribution in [0.3, 0.4) is 0 Å². The van der Waals surface area contributed by atoms with Crippen LogP contribution in [-0.2, 0) is 11.8 Å². The Bertz CT molecular complexity index is 642. The minimum atomic E-state index is -0.571. The molecular formula is C18H24N2O2. The number of hydrogen-bond donors (Lipinski definition) is 3. The fraction of sp³-hybridized carbons (Fsp3) is 0.556. The predicted molar refractivity (Wildman–Crippen MR) is 86.1 cm³/mol. The van der Waals surface area contributed by atoms with Gasteiger partial charge in [0.15, 0.2) is 0 Å². The zero-order chi connectivity index (χ0) is 15.5. The fourth-order valence-corrected chi connectivity index (χ4v) is 4.98. The van der Waals surface area contributed by atoms with Gasteiger partial charge in [-0.05, 0) is 44.5 Å². The van der Waals surface area contributed by atoms with E-state index in [0.29, 0.717) is 18.5 Å². The maximum absolute atomic E-state index is 10.6. The van der Waals surface area contributed by atoms with E-state index in [4.69, 9.17) is 10.5 Å². The molecule has 2 aliphatic carbocycles. The molecule has 0 radical (unpaired) electrons. The highest BCUT2D eigenvalue weighted by Crippen LogP contribution is 2.58. The van der Waals surface area contributed by atoms with Crippen molar-refractivity contribution in [1.29, 1.82) is 0 Å². The first-order valence-electron chi connectivity index (χ1n) is 8.17. The van der Waals surface area contributed by atoms with Crippen LogP contribution in [0.15, 0.2) is 24.3 Å². The number of ether oxygens (including phenoxy) is 1. The van der Waals surface area contributed by atoms with Crippen molar-refractivity contribution in [3.63, 3.8) is 0 Å². The molecule has 22 heavy (non-hydrogen) atoms. The molecule has 5 atom stereocenters. The Morgan fingerprint density at radius 2 is 2.23 bits per heavy atom. The van der Waals surface area contributed by atoms with E-state index in [2.05, 4.69) is 30.4 Å². The normalized spacial score (nSPS) is 37.8. The van der Waals surface area contributed by atoms with Crippen molar-refractivity contribution >= 4 is 0 Å². The van der Waals surface area contributed by atoms with E-state index in [1.165, 1.54) is 11.1 Å². The highest BCUT2D eigenvalue weighted by Gasteiger charge is 2.61. The van der Waals surface area contributed by atoms with Crippen LogP contribution in [0.1, 0.15) is 23.1 Å². The zero-order valence-corrected chi connectivity index (χ0v) is 13.2. The lowest BCUT2D eigenvalue weighted by Crippen LogP contribution is -2.60. The van der Waals surface area contributed by atoms with Crippen molar-refractivity contribution < 1.29 is 9.84 Å². The summed E-state index contributed by atoms with van der Waals surface area (Å²) in [6.07, 6.45) is 5.12. The first kappa shape index (κ1) is 14.2. The van der Waals surface area contributed by atoms with Gasteiger partial charge in [0.25, 0.3) is 0 Å². The van der Waals surface area contributed by atoms with Crippen molar-refractivity contribution in [1.82, 2.24) is 5.32 Å². The minimum absolute atomic E-state index is 0.203. The molecule has 4 rings (SSSR count). The Kier molecular flexibility index (Phi) is 3.12. The molecule has 1 aromatic rings. The number of likely N-dealkylation sites (N-methyl/N-ethyl adjacent to an activating group) is 1. The van der Waals surface area contributed by atoms with Gasteiger partial charge in [-0.25, -0.2) is 0 Å². The molecule has 0 saturated carbocycles. The van der Waals surface area contributed by atoms with Crippen LogP contribution in [0.25, 0.3) is 0 Å². The lowest BCUT2D eigenvalue weighted by molar-refractivity contribution is -0.00514. The molecule has 0 fully saturated rings. The molecule has 2 unspecified atom stereocenters. The lowest BCUT2D eigenvalue weighted by Gasteiger charge is -2.50. The van der Waals surface area contributed by atoms with Crippen molar-refractivity contribution in [3.8, 4) is 5.75 Å². The van der Waals surface area contributed by atoms with Crippen LogP contribution in [0, 0.1) is 12.8 Å². The number of aliphatic hydroxyl groups is 1. The summed E-state index contributed by atoms with van der Waals surface area (Å²) >= 11 is 0. The van der Waals surface area contributed by atoms with Crippen molar-refractivity contribution in [2.45, 2.75) is 43.4 Å². The van der Waals surface area contributed by atoms with Gasteiger partial charge >= 0.3 is 0 Å². The Morgan fingerprint density at radius 1 is 1.41 bits per heavy atom. The Balaban J connectivity index is 2.01.